The van der Waals surface area contributed by atoms with Gasteiger partial charge in [0, 0.05) is 43.4 Å². The summed E-state index contributed by atoms with van der Waals surface area (Å²) in [5, 5.41) is 60.7. The number of fused-ring (bicyclic) bond motifs is 5. The van der Waals surface area contributed by atoms with E-state index in [-0.39, 0.29) is 23.4 Å². The molecule has 16 nitrogen and oxygen atoms in total. The summed E-state index contributed by atoms with van der Waals surface area (Å²) in [4.78, 5) is 70.1. The van der Waals surface area contributed by atoms with Gasteiger partial charge in [0.05, 0.1) is 61.4 Å². The van der Waals surface area contributed by atoms with E-state index in [0.29, 0.717) is 0 Å². The molecule has 1 heterocycles. The van der Waals surface area contributed by atoms with E-state index in [4.69, 9.17) is 23.7 Å². The molecule has 0 saturated carbocycles. The number of hydrogen-bond acceptors (Lipinski definition) is 16. The zero-order chi connectivity index (χ0) is 41.3. The number of phenolic OH excluding ortho intramolecular Hbond substituents is 2. The van der Waals surface area contributed by atoms with E-state index in [1.807, 2.05) is 30.3 Å². The number of nitrogens with one attached hydrogen (secondary N) is 1. The van der Waals surface area contributed by atoms with Crippen LogP contribution in [0.3, 0.4) is 0 Å². The van der Waals surface area contributed by atoms with Gasteiger partial charge in [0.25, 0.3) is 0 Å². The van der Waals surface area contributed by atoms with Crippen LogP contribution in [0.1, 0.15) is 81.0 Å². The molecular formula is C41H41NO15. The first-order valence-corrected chi connectivity index (χ1v) is 18.0. The molecule has 3 aromatic rings. The molecule has 3 aromatic carbocycles. The Morgan fingerprint density at radius 3 is 2.30 bits per heavy atom. The van der Waals surface area contributed by atoms with Crippen LogP contribution in [0.15, 0.2) is 54.2 Å². The fourth-order valence-electron chi connectivity index (χ4n) is 8.85. The Kier molecular flexibility index (Phi) is 10.2. The van der Waals surface area contributed by atoms with E-state index in [0.717, 1.165) is 31.9 Å². The van der Waals surface area contributed by atoms with E-state index in [9.17, 15) is 49.5 Å². The molecule has 1 saturated heterocycles. The maximum absolute atomic E-state index is 14.7. The standard InChI is InChI=1S/C41H41NO15/c1-17-11-20-12-26(45)41(55-5)37(50)29-22(36(49)40(41,52)30(20)33(48)27(17)39(51)54-4)13-21-28(32(29)47)25(44)14-24(31(21)46)42-38-23(15-43)35(34(53-3)18(2)57-38)56-16-19-9-7-6-8-10-19/h6-11,13-14,18,23,26,34-35,38,42-43,45,47-48,52H,12,15-16H2,1-5H3/t18-,23+,26+,34-,35-,38?,40-,41+/m0/s1. The fraction of sp³-hybridized carbons (Fsp3) is 0.390. The molecular weight excluding hydrogens is 746 g/mol. The third kappa shape index (κ3) is 5.66. The maximum Gasteiger partial charge on any atom is 0.341 e. The third-order valence-electron chi connectivity index (χ3n) is 11.5. The number of methoxy groups -OCH3 is 3. The minimum Gasteiger partial charge on any atom is -0.507 e. The molecule has 16 heteroatoms. The van der Waals surface area contributed by atoms with Crippen LogP contribution >= 0.6 is 0 Å². The first-order chi connectivity index (χ1) is 27.1. The van der Waals surface area contributed by atoms with E-state index < -0.39 is 135 Å². The van der Waals surface area contributed by atoms with Crippen molar-refractivity contribution in [2.75, 3.05) is 27.9 Å². The minimum atomic E-state index is -3.24. The predicted octanol–water partition coefficient (Wildman–Crippen LogP) is 1.57. The molecule has 1 unspecified atom stereocenters. The predicted molar refractivity (Wildman–Crippen MR) is 195 cm³/mol. The molecule has 4 aliphatic rings. The number of phenols is 2. The van der Waals surface area contributed by atoms with E-state index in [1.54, 1.807) is 6.92 Å². The molecule has 1 aliphatic heterocycles. The van der Waals surface area contributed by atoms with Gasteiger partial charge in [-0.2, -0.15) is 0 Å². The largest absolute Gasteiger partial charge is 0.507 e. The summed E-state index contributed by atoms with van der Waals surface area (Å²) in [5.74, 6) is -8.50. The van der Waals surface area contributed by atoms with E-state index >= 15 is 0 Å². The van der Waals surface area contributed by atoms with Crippen molar-refractivity contribution in [2.45, 2.75) is 68.7 Å². The summed E-state index contributed by atoms with van der Waals surface area (Å²) in [6, 6.07) is 11.5. The second-order valence-corrected chi connectivity index (χ2v) is 14.5. The van der Waals surface area contributed by atoms with Crippen LogP contribution in [0, 0.1) is 12.8 Å². The lowest BCUT2D eigenvalue weighted by molar-refractivity contribution is -0.231. The monoisotopic (exact) mass is 787 g/mol. The third-order valence-corrected chi connectivity index (χ3v) is 11.5. The number of aromatic hydroxyl groups is 2. The highest BCUT2D eigenvalue weighted by Gasteiger charge is 2.72. The zero-order valence-electron chi connectivity index (χ0n) is 31.5. The maximum atomic E-state index is 14.7. The number of esters is 1. The van der Waals surface area contributed by atoms with Crippen molar-refractivity contribution in [3.8, 4) is 11.5 Å². The number of rotatable bonds is 9. The van der Waals surface area contributed by atoms with Crippen molar-refractivity contribution in [2.24, 2.45) is 5.92 Å². The van der Waals surface area contributed by atoms with Crippen LogP contribution in [0.4, 0.5) is 0 Å². The van der Waals surface area contributed by atoms with Gasteiger partial charge in [-0.05, 0) is 36.6 Å². The Morgan fingerprint density at radius 2 is 1.67 bits per heavy atom. The quantitative estimate of drug-likeness (QED) is 0.169. The van der Waals surface area contributed by atoms with Gasteiger partial charge in [-0.3, -0.25) is 19.2 Å². The average Bonchev–Trinajstić information content (AvgIpc) is 3.18. The van der Waals surface area contributed by atoms with Crippen molar-refractivity contribution in [3.63, 3.8) is 0 Å². The van der Waals surface area contributed by atoms with Gasteiger partial charge >= 0.3 is 5.97 Å². The van der Waals surface area contributed by atoms with Crippen LogP contribution < -0.4 is 5.32 Å². The van der Waals surface area contributed by atoms with Gasteiger partial charge in [-0.15, -0.1) is 0 Å². The Morgan fingerprint density at radius 1 is 0.965 bits per heavy atom. The number of aliphatic hydroxyl groups excluding tert-OH is 2. The molecule has 0 bridgehead atoms. The summed E-state index contributed by atoms with van der Waals surface area (Å²) in [7, 11) is 3.44. The molecule has 0 radical (unpaired) electrons. The number of Topliss-reactive ketones (excluding diaryl/α,β-unsaturated/α-hetero) is 3. The van der Waals surface area contributed by atoms with E-state index in [2.05, 4.69) is 5.32 Å². The van der Waals surface area contributed by atoms with Crippen LogP contribution in [-0.4, -0.2) is 119 Å². The van der Waals surface area contributed by atoms with Gasteiger partial charge in [0.15, 0.2) is 17.0 Å². The second-order valence-electron chi connectivity index (χ2n) is 14.5. The number of aryl methyl sites for hydroxylation is 1. The number of carbonyl (C=O) groups excluding carboxylic acids is 5. The summed E-state index contributed by atoms with van der Waals surface area (Å²) in [6.07, 6.45) is -4.74. The van der Waals surface area contributed by atoms with Gasteiger partial charge in [-0.25, -0.2) is 4.79 Å². The van der Waals surface area contributed by atoms with Gasteiger partial charge < -0.3 is 54.5 Å². The number of benzene rings is 3. The first-order valence-electron chi connectivity index (χ1n) is 18.0. The van der Waals surface area contributed by atoms with Crippen LogP contribution in [0.25, 0.3) is 0 Å². The molecule has 1 fully saturated rings. The number of ketones is 4. The highest BCUT2D eigenvalue weighted by atomic mass is 16.6. The summed E-state index contributed by atoms with van der Waals surface area (Å²) in [5.41, 5.74) is -9.27. The molecule has 57 heavy (non-hydrogen) atoms. The van der Waals surface area contributed by atoms with Gasteiger partial charge in [-0.1, -0.05) is 36.4 Å². The van der Waals surface area contributed by atoms with Crippen LogP contribution in [0.2, 0.25) is 0 Å². The Hall–Kier alpha value is -5.33. The first kappa shape index (κ1) is 39.9. The molecule has 7 rings (SSSR count). The lowest BCUT2D eigenvalue weighted by atomic mass is 9.56. The normalized spacial score (nSPS) is 29.2. The molecule has 3 aliphatic carbocycles. The Balaban J connectivity index is 1.30. The van der Waals surface area contributed by atoms with Crippen molar-refractivity contribution < 1.29 is 73.2 Å². The number of allylic oxidation sites excluding steroid dienone is 2. The number of hydrogen-bond donors (Lipinski definition) is 6. The summed E-state index contributed by atoms with van der Waals surface area (Å²) < 4.78 is 28.4. The molecule has 6 N–H and O–H groups in total. The molecule has 0 amide bonds. The fourth-order valence-corrected chi connectivity index (χ4v) is 8.85. The topological polar surface area (TPSA) is 245 Å². The average molecular weight is 788 g/mol. The van der Waals surface area contributed by atoms with Gasteiger partial charge in [0.2, 0.25) is 17.3 Å². The van der Waals surface area contributed by atoms with Crippen LogP contribution in [0.5, 0.6) is 11.5 Å². The Bertz CT molecular complexity index is 2250. The summed E-state index contributed by atoms with van der Waals surface area (Å²) in [6.45, 7) is 2.81. The van der Waals surface area contributed by atoms with E-state index in [1.165, 1.54) is 20.1 Å². The Labute approximate surface area is 325 Å². The number of carbonyl (C=O) groups is 5. The molecule has 0 spiro atoms. The SMILES string of the molecule is COC(=O)c1c(C)cc2c(c1O)[C@]1(O)C(=O)c3cc4c(c(O)c3C(=O)[C@]1(OC)[C@H](O)C2)C(=O)C=C(NC1O[C@@H](C)[C@H](OC)[C@@H](OCc2ccccc2)[C@H]1CO)C4=O. The highest BCUT2D eigenvalue weighted by molar-refractivity contribution is 6.31. The van der Waals surface area contributed by atoms with Crippen molar-refractivity contribution in [1.82, 2.24) is 5.32 Å². The van der Waals surface area contributed by atoms with Crippen molar-refractivity contribution in [3.05, 3.63) is 104 Å². The van der Waals surface area contributed by atoms with Crippen molar-refractivity contribution in [1.29, 1.82) is 0 Å². The highest BCUT2D eigenvalue weighted by Crippen LogP contribution is 2.56. The second kappa shape index (κ2) is 14.6. The molecule has 8 atom stereocenters. The summed E-state index contributed by atoms with van der Waals surface area (Å²) >= 11 is 0. The molecule has 0 aromatic heterocycles. The molecule has 300 valence electrons. The van der Waals surface area contributed by atoms with Crippen molar-refractivity contribution >= 4 is 29.1 Å². The smallest absolute Gasteiger partial charge is 0.341 e. The van der Waals surface area contributed by atoms with Crippen LogP contribution in [-0.2, 0) is 42.3 Å². The number of ether oxygens (including phenoxy) is 5. The zero-order valence-corrected chi connectivity index (χ0v) is 31.5. The number of aliphatic hydroxyl groups is 3. The lowest BCUT2D eigenvalue weighted by Crippen LogP contribution is -2.73. The minimum absolute atomic E-state index is 0.00491. The van der Waals surface area contributed by atoms with Gasteiger partial charge in [0.1, 0.15) is 29.4 Å². The lowest BCUT2D eigenvalue weighted by Gasteiger charge is -2.52.